The fraction of sp³-hybridized carbons (Fsp3) is 0.188. The summed E-state index contributed by atoms with van der Waals surface area (Å²) >= 11 is 0. The van der Waals surface area contributed by atoms with Gasteiger partial charge in [0.25, 0.3) is 5.91 Å². The van der Waals surface area contributed by atoms with Crippen molar-refractivity contribution >= 4 is 22.8 Å². The molecule has 0 fully saturated rings. The lowest BCUT2D eigenvalue weighted by Crippen LogP contribution is -2.33. The van der Waals surface area contributed by atoms with Crippen LogP contribution in [0.2, 0.25) is 0 Å². The molecule has 5 rings (SSSR count). The van der Waals surface area contributed by atoms with E-state index in [1.54, 1.807) is 23.0 Å². The van der Waals surface area contributed by atoms with Gasteiger partial charge < -0.3 is 15.2 Å². The van der Waals surface area contributed by atoms with Gasteiger partial charge in [0.05, 0.1) is 34.7 Å². The topological polar surface area (TPSA) is 88.9 Å². The van der Waals surface area contributed by atoms with Crippen LogP contribution in [0.25, 0.3) is 22.2 Å². The Morgan fingerprint density at radius 1 is 0.929 bits per heavy atom. The van der Waals surface area contributed by atoms with E-state index in [1.165, 1.54) is 43.6 Å². The second-order valence-electron chi connectivity index (χ2n) is 10.1. The van der Waals surface area contributed by atoms with E-state index in [-0.39, 0.29) is 24.4 Å². The van der Waals surface area contributed by atoms with Crippen LogP contribution in [-0.2, 0) is 17.8 Å². The lowest BCUT2D eigenvalue weighted by atomic mass is 9.94. The molecule has 10 heteroatoms. The summed E-state index contributed by atoms with van der Waals surface area (Å²) in [6.45, 7) is 3.91. The van der Waals surface area contributed by atoms with E-state index < -0.39 is 29.4 Å². The van der Waals surface area contributed by atoms with Crippen LogP contribution >= 0.6 is 0 Å². The van der Waals surface area contributed by atoms with Gasteiger partial charge in [0.1, 0.15) is 24.0 Å². The number of nitrogens with zero attached hydrogens (tertiary/aromatic N) is 3. The molecule has 214 valence electrons. The zero-order valence-electron chi connectivity index (χ0n) is 23.2. The molecule has 3 aromatic carbocycles. The summed E-state index contributed by atoms with van der Waals surface area (Å²) in [4.78, 5) is 34.7. The summed E-state index contributed by atoms with van der Waals surface area (Å²) in [7, 11) is 1.40. The third kappa shape index (κ3) is 6.02. The van der Waals surface area contributed by atoms with E-state index in [4.69, 9.17) is 0 Å². The van der Waals surface area contributed by atoms with Gasteiger partial charge in [-0.1, -0.05) is 12.1 Å². The molecule has 0 unspecified atom stereocenters. The van der Waals surface area contributed by atoms with Gasteiger partial charge in [0, 0.05) is 24.9 Å². The van der Waals surface area contributed by atoms with Crippen molar-refractivity contribution in [3.05, 3.63) is 119 Å². The number of rotatable bonds is 8. The van der Waals surface area contributed by atoms with Crippen molar-refractivity contribution in [3.63, 3.8) is 0 Å². The summed E-state index contributed by atoms with van der Waals surface area (Å²) in [6.07, 6.45) is 3.13. The second-order valence-corrected chi connectivity index (χ2v) is 10.1. The number of fused-ring (bicyclic) bond motifs is 1. The Hall–Kier alpha value is -4.99. The van der Waals surface area contributed by atoms with Gasteiger partial charge in [-0.05, 0) is 85.0 Å². The number of imidazole rings is 1. The van der Waals surface area contributed by atoms with Crippen molar-refractivity contribution < 1.29 is 22.8 Å². The molecule has 1 atom stereocenters. The highest BCUT2D eigenvalue weighted by Crippen LogP contribution is 2.30. The lowest BCUT2D eigenvalue weighted by molar-refractivity contribution is -0.122. The maximum absolute atomic E-state index is 14.4. The number of amides is 2. The number of hydrogen-bond acceptors (Lipinski definition) is 4. The molecule has 0 aliphatic rings. The summed E-state index contributed by atoms with van der Waals surface area (Å²) in [6, 6.07) is 13.7. The Balaban J connectivity index is 1.53. The number of hydrogen-bond donors (Lipinski definition) is 2. The summed E-state index contributed by atoms with van der Waals surface area (Å²) in [5.74, 6) is -3.17. The largest absolute Gasteiger partial charge is 0.355 e. The van der Waals surface area contributed by atoms with Crippen molar-refractivity contribution in [1.82, 2.24) is 25.2 Å². The van der Waals surface area contributed by atoms with Gasteiger partial charge in [-0.3, -0.25) is 14.6 Å². The van der Waals surface area contributed by atoms with Gasteiger partial charge in [-0.2, -0.15) is 0 Å². The van der Waals surface area contributed by atoms with Crippen LogP contribution in [0.1, 0.15) is 38.8 Å². The third-order valence-electron chi connectivity index (χ3n) is 7.17. The predicted octanol–water partition coefficient (Wildman–Crippen LogP) is 5.59. The zero-order chi connectivity index (χ0) is 30.0. The molecule has 0 saturated carbocycles. The van der Waals surface area contributed by atoms with Crippen LogP contribution in [0.4, 0.5) is 13.2 Å². The lowest BCUT2D eigenvalue weighted by Gasteiger charge is -2.22. The minimum absolute atomic E-state index is 0.0108. The van der Waals surface area contributed by atoms with E-state index in [0.29, 0.717) is 22.4 Å². The average Bonchev–Trinajstić information content (AvgIpc) is 3.32. The zero-order valence-corrected chi connectivity index (χ0v) is 23.2. The number of halogens is 3. The highest BCUT2D eigenvalue weighted by Gasteiger charge is 2.23. The SMILES string of the molecule is CNC(=O)c1cc(-c2cccnc2[C@H](Cc2cc(F)cc(F)c2)NC(=O)Cn2cnc3cc(C)c(C)cc32)ccc1F. The molecule has 42 heavy (non-hydrogen) atoms. The van der Waals surface area contributed by atoms with Crippen molar-refractivity contribution in [2.24, 2.45) is 0 Å². The highest BCUT2D eigenvalue weighted by atomic mass is 19.1. The van der Waals surface area contributed by atoms with Gasteiger partial charge in [0.2, 0.25) is 5.91 Å². The van der Waals surface area contributed by atoms with Crippen molar-refractivity contribution in [1.29, 1.82) is 0 Å². The predicted molar refractivity (Wildman–Crippen MR) is 153 cm³/mol. The molecule has 5 aromatic rings. The minimum Gasteiger partial charge on any atom is -0.355 e. The molecule has 2 N–H and O–H groups in total. The fourth-order valence-corrected chi connectivity index (χ4v) is 4.96. The number of pyridine rings is 1. The number of carbonyl (C=O) groups is 2. The van der Waals surface area contributed by atoms with Crippen LogP contribution in [0.3, 0.4) is 0 Å². The molecule has 0 aliphatic heterocycles. The average molecular weight is 572 g/mol. The van der Waals surface area contributed by atoms with E-state index in [1.807, 2.05) is 26.0 Å². The smallest absolute Gasteiger partial charge is 0.254 e. The minimum atomic E-state index is -0.831. The molecule has 2 amide bonds. The quantitative estimate of drug-likeness (QED) is 0.254. The first-order valence-electron chi connectivity index (χ1n) is 13.3. The van der Waals surface area contributed by atoms with Gasteiger partial charge in [-0.25, -0.2) is 18.2 Å². The van der Waals surface area contributed by atoms with Gasteiger partial charge >= 0.3 is 0 Å². The van der Waals surface area contributed by atoms with Crippen LogP contribution in [0, 0.1) is 31.3 Å². The van der Waals surface area contributed by atoms with Crippen LogP contribution in [0.15, 0.2) is 73.2 Å². The summed E-state index contributed by atoms with van der Waals surface area (Å²) < 4.78 is 44.4. The number of aromatic nitrogens is 3. The highest BCUT2D eigenvalue weighted by molar-refractivity contribution is 5.95. The molecule has 0 saturated heterocycles. The molecule has 0 bridgehead atoms. The van der Waals surface area contributed by atoms with E-state index in [2.05, 4.69) is 20.6 Å². The standard InChI is InChI=1S/C32H28F3N5O2/c1-18-9-27-29(10-19(18)2)40(17-38-27)16-30(41)39-28(13-20-11-22(33)15-23(34)12-20)31-24(5-4-8-37-31)21-6-7-26(35)25(14-21)32(42)36-3/h4-12,14-15,17,28H,13,16H2,1-3H3,(H,36,42)(H,39,41)/t28-/m0/s1. The molecule has 0 spiro atoms. The first-order chi connectivity index (χ1) is 20.1. The molecule has 0 aliphatic carbocycles. The van der Waals surface area contributed by atoms with E-state index in [0.717, 1.165) is 28.2 Å². The Bertz CT molecular complexity index is 1800. The van der Waals surface area contributed by atoms with Crippen LogP contribution in [0.5, 0.6) is 0 Å². The van der Waals surface area contributed by atoms with E-state index >= 15 is 0 Å². The Morgan fingerprint density at radius 2 is 1.67 bits per heavy atom. The number of carbonyl (C=O) groups excluding carboxylic acids is 2. The first-order valence-corrected chi connectivity index (χ1v) is 13.3. The monoisotopic (exact) mass is 571 g/mol. The molecule has 0 radical (unpaired) electrons. The van der Waals surface area contributed by atoms with Crippen molar-refractivity contribution in [3.8, 4) is 11.1 Å². The molecule has 2 aromatic heterocycles. The second kappa shape index (κ2) is 11.9. The Morgan fingerprint density at radius 3 is 2.40 bits per heavy atom. The number of nitrogens with one attached hydrogen (secondary N) is 2. The van der Waals surface area contributed by atoms with Crippen LogP contribution in [-0.4, -0.2) is 33.4 Å². The first kappa shape index (κ1) is 28.5. The third-order valence-corrected chi connectivity index (χ3v) is 7.17. The van der Waals surface area contributed by atoms with Crippen molar-refractivity contribution in [2.45, 2.75) is 32.9 Å². The van der Waals surface area contributed by atoms with E-state index in [9.17, 15) is 22.8 Å². The summed E-state index contributed by atoms with van der Waals surface area (Å²) in [5.41, 5.74) is 5.22. The van der Waals surface area contributed by atoms with Crippen LogP contribution < -0.4 is 10.6 Å². The van der Waals surface area contributed by atoms with Crippen molar-refractivity contribution in [2.75, 3.05) is 7.05 Å². The normalized spacial score (nSPS) is 11.9. The van der Waals surface area contributed by atoms with Gasteiger partial charge in [-0.15, -0.1) is 0 Å². The summed E-state index contributed by atoms with van der Waals surface area (Å²) in [5, 5.41) is 5.39. The maximum Gasteiger partial charge on any atom is 0.254 e. The Labute approximate surface area is 240 Å². The molecule has 2 heterocycles. The number of aryl methyl sites for hydroxylation is 2. The molecular weight excluding hydrogens is 543 g/mol. The van der Waals surface area contributed by atoms with Gasteiger partial charge in [0.15, 0.2) is 0 Å². The Kier molecular flexibility index (Phi) is 8.06. The molecule has 7 nitrogen and oxygen atoms in total. The fourth-order valence-electron chi connectivity index (χ4n) is 4.96. The molecular formula is C32H28F3N5O2. The number of benzene rings is 3. The maximum atomic E-state index is 14.4.